The molecule has 0 bridgehead atoms. The Labute approximate surface area is 164 Å². The van der Waals surface area contributed by atoms with Crippen molar-refractivity contribution in [2.24, 2.45) is 4.99 Å². The fourth-order valence-corrected chi connectivity index (χ4v) is 3.80. The van der Waals surface area contributed by atoms with Crippen LogP contribution in [0.5, 0.6) is 0 Å². The van der Waals surface area contributed by atoms with Crippen LogP contribution in [0.2, 0.25) is 0 Å². The Bertz CT molecular complexity index is 943. The van der Waals surface area contributed by atoms with E-state index in [1.54, 1.807) is 6.07 Å². The van der Waals surface area contributed by atoms with Crippen molar-refractivity contribution in [2.45, 2.75) is 26.6 Å². The number of nitrogens with zero attached hydrogens (tertiary/aromatic N) is 2. The maximum atomic E-state index is 12.9. The van der Waals surface area contributed by atoms with Gasteiger partial charge in [-0.1, -0.05) is 36.4 Å². The molecule has 0 atom stereocenters. The molecule has 0 N–H and O–H groups in total. The van der Waals surface area contributed by atoms with Crippen LogP contribution >= 0.6 is 28.3 Å². The molecule has 2 nitrogen and oxygen atoms in total. The normalized spacial score (nSPS) is 12.1. The minimum Gasteiger partial charge on any atom is -0.316 e. The van der Waals surface area contributed by atoms with Crippen LogP contribution in [0, 0.1) is 6.92 Å². The Hall–Kier alpha value is -1.86. The summed E-state index contributed by atoms with van der Waals surface area (Å²) in [6.07, 6.45) is -4.37. The molecule has 0 fully saturated rings. The number of halogens is 4. The van der Waals surface area contributed by atoms with Gasteiger partial charge in [-0.25, -0.2) is 4.99 Å². The monoisotopic (exact) mass is 442 g/mol. The third-order valence-electron chi connectivity index (χ3n) is 3.84. The van der Waals surface area contributed by atoms with Gasteiger partial charge in [0.2, 0.25) is 0 Å². The van der Waals surface area contributed by atoms with Crippen LogP contribution < -0.4 is 4.80 Å². The van der Waals surface area contributed by atoms with Crippen LogP contribution in [0.3, 0.4) is 0 Å². The van der Waals surface area contributed by atoms with Gasteiger partial charge in [0.1, 0.15) is 0 Å². The highest BCUT2D eigenvalue weighted by molar-refractivity contribution is 8.93. The standard InChI is InChI=1S/C19H17F3N2S.BrH/c1-3-24-17(14-8-5-4-6-9-14)13(2)25-18(24)23-16-11-7-10-15(12-16)19(20,21)22;/h4-12H,3H2,1-2H3;1H. The zero-order valence-electron chi connectivity index (χ0n) is 14.2. The molecule has 1 heterocycles. The molecule has 0 radical (unpaired) electrons. The number of thiazole rings is 1. The topological polar surface area (TPSA) is 17.3 Å². The van der Waals surface area contributed by atoms with Crippen LogP contribution in [0.4, 0.5) is 18.9 Å². The van der Waals surface area contributed by atoms with E-state index < -0.39 is 11.7 Å². The van der Waals surface area contributed by atoms with Gasteiger partial charge in [0, 0.05) is 11.4 Å². The molecule has 7 heteroatoms. The quantitative estimate of drug-likeness (QED) is 0.448. The average molecular weight is 443 g/mol. The fourth-order valence-electron chi connectivity index (χ4n) is 2.72. The first-order valence-electron chi connectivity index (χ1n) is 7.88. The number of aromatic nitrogens is 1. The van der Waals surface area contributed by atoms with Crippen molar-refractivity contribution >= 4 is 34.0 Å². The van der Waals surface area contributed by atoms with Gasteiger partial charge in [-0.3, -0.25) is 0 Å². The first kappa shape index (κ1) is 20.5. The van der Waals surface area contributed by atoms with E-state index in [2.05, 4.69) is 4.99 Å². The van der Waals surface area contributed by atoms with E-state index in [4.69, 9.17) is 0 Å². The molecule has 3 rings (SSSR count). The van der Waals surface area contributed by atoms with Crippen LogP contribution in [-0.2, 0) is 12.7 Å². The number of aryl methyl sites for hydroxylation is 1. The lowest BCUT2D eigenvalue weighted by Crippen LogP contribution is -2.14. The summed E-state index contributed by atoms with van der Waals surface area (Å²) in [5, 5.41) is 0. The molecule has 26 heavy (non-hydrogen) atoms. The molecular weight excluding hydrogens is 425 g/mol. The number of rotatable bonds is 3. The molecule has 0 amide bonds. The predicted octanol–water partition coefficient (Wildman–Crippen LogP) is 6.37. The van der Waals surface area contributed by atoms with Crippen molar-refractivity contribution in [2.75, 3.05) is 0 Å². The SMILES string of the molecule is Br.CCn1c(-c2ccccc2)c(C)sc1=Nc1cccc(C(F)(F)F)c1. The van der Waals surface area contributed by atoms with Crippen LogP contribution in [0.1, 0.15) is 17.4 Å². The summed E-state index contributed by atoms with van der Waals surface area (Å²) < 4.78 is 40.7. The Balaban J connectivity index is 0.00000243. The van der Waals surface area contributed by atoms with E-state index in [-0.39, 0.29) is 17.0 Å². The lowest BCUT2D eigenvalue weighted by Gasteiger charge is -2.08. The summed E-state index contributed by atoms with van der Waals surface area (Å²) >= 11 is 1.48. The zero-order valence-corrected chi connectivity index (χ0v) is 16.8. The first-order chi connectivity index (χ1) is 11.9. The highest BCUT2D eigenvalue weighted by Gasteiger charge is 2.30. The van der Waals surface area contributed by atoms with Gasteiger partial charge < -0.3 is 4.57 Å². The van der Waals surface area contributed by atoms with Crippen molar-refractivity contribution in [3.05, 3.63) is 69.8 Å². The van der Waals surface area contributed by atoms with Crippen molar-refractivity contribution < 1.29 is 13.2 Å². The molecule has 0 unspecified atom stereocenters. The highest BCUT2D eigenvalue weighted by Crippen LogP contribution is 2.31. The predicted molar refractivity (Wildman–Crippen MR) is 105 cm³/mol. The molecule has 138 valence electrons. The van der Waals surface area contributed by atoms with Gasteiger partial charge in [-0.05, 0) is 37.6 Å². The zero-order chi connectivity index (χ0) is 18.0. The van der Waals surface area contributed by atoms with E-state index >= 15 is 0 Å². The first-order valence-corrected chi connectivity index (χ1v) is 8.69. The van der Waals surface area contributed by atoms with Gasteiger partial charge in [-0.2, -0.15) is 13.2 Å². The van der Waals surface area contributed by atoms with Crippen molar-refractivity contribution in [1.29, 1.82) is 0 Å². The molecule has 0 aliphatic heterocycles. The maximum Gasteiger partial charge on any atom is 0.416 e. The molecule has 3 aromatic rings. The van der Waals surface area contributed by atoms with Gasteiger partial charge in [0.05, 0.1) is 16.9 Å². The molecule has 2 aromatic carbocycles. The molecule has 0 spiro atoms. The number of benzene rings is 2. The van der Waals surface area contributed by atoms with Crippen molar-refractivity contribution in [3.8, 4) is 11.3 Å². The van der Waals surface area contributed by atoms with Crippen molar-refractivity contribution in [1.82, 2.24) is 4.57 Å². The van der Waals surface area contributed by atoms with Crippen LogP contribution in [0.15, 0.2) is 59.6 Å². The number of alkyl halides is 3. The Kier molecular flexibility index (Phi) is 6.47. The smallest absolute Gasteiger partial charge is 0.316 e. The van der Waals surface area contributed by atoms with E-state index in [0.717, 1.165) is 28.3 Å². The summed E-state index contributed by atoms with van der Waals surface area (Å²) in [5.41, 5.74) is 1.74. The van der Waals surface area contributed by atoms with Gasteiger partial charge in [0.15, 0.2) is 4.80 Å². The molecule has 1 aromatic heterocycles. The average Bonchev–Trinajstić information content (AvgIpc) is 2.90. The van der Waals surface area contributed by atoms with Gasteiger partial charge >= 0.3 is 6.18 Å². The molecule has 0 saturated heterocycles. The van der Waals surface area contributed by atoms with E-state index in [9.17, 15) is 13.2 Å². The molecule has 0 saturated carbocycles. The second-order valence-electron chi connectivity index (χ2n) is 5.56. The summed E-state index contributed by atoms with van der Waals surface area (Å²) in [6.45, 7) is 4.69. The molecular formula is C19H18BrF3N2S. The van der Waals surface area contributed by atoms with Gasteiger partial charge in [-0.15, -0.1) is 28.3 Å². The summed E-state index contributed by atoms with van der Waals surface area (Å²) in [7, 11) is 0. The van der Waals surface area contributed by atoms with E-state index in [1.807, 2.05) is 48.7 Å². The number of hydrogen-bond acceptors (Lipinski definition) is 2. The molecule has 0 aliphatic carbocycles. The van der Waals surface area contributed by atoms with Crippen molar-refractivity contribution in [3.63, 3.8) is 0 Å². The fraction of sp³-hybridized carbons (Fsp3) is 0.211. The second-order valence-corrected chi connectivity index (χ2v) is 6.74. The minimum absolute atomic E-state index is 0. The molecule has 0 aliphatic rings. The minimum atomic E-state index is -4.37. The summed E-state index contributed by atoms with van der Waals surface area (Å²) in [6, 6.07) is 15.0. The number of hydrogen-bond donors (Lipinski definition) is 0. The lowest BCUT2D eigenvalue weighted by molar-refractivity contribution is -0.137. The third kappa shape index (κ3) is 4.27. The largest absolute Gasteiger partial charge is 0.416 e. The van der Waals surface area contributed by atoms with Crippen LogP contribution in [0.25, 0.3) is 11.3 Å². The Morgan fingerprint density at radius 1 is 1.04 bits per heavy atom. The highest BCUT2D eigenvalue weighted by atomic mass is 79.9. The summed E-state index contributed by atoms with van der Waals surface area (Å²) in [5.74, 6) is 0. The van der Waals surface area contributed by atoms with E-state index in [0.29, 0.717) is 17.0 Å². The maximum absolute atomic E-state index is 12.9. The lowest BCUT2D eigenvalue weighted by atomic mass is 10.1. The van der Waals surface area contributed by atoms with Crippen LogP contribution in [-0.4, -0.2) is 4.57 Å². The second kappa shape index (κ2) is 8.22. The third-order valence-corrected chi connectivity index (χ3v) is 4.83. The van der Waals surface area contributed by atoms with E-state index in [1.165, 1.54) is 17.4 Å². The Morgan fingerprint density at radius 2 is 1.73 bits per heavy atom. The summed E-state index contributed by atoms with van der Waals surface area (Å²) in [4.78, 5) is 6.25. The van der Waals surface area contributed by atoms with Gasteiger partial charge in [0.25, 0.3) is 0 Å². The Morgan fingerprint density at radius 3 is 2.35 bits per heavy atom.